The topological polar surface area (TPSA) is 206 Å². The van der Waals surface area contributed by atoms with Gasteiger partial charge in [0.25, 0.3) is 11.1 Å². The van der Waals surface area contributed by atoms with Gasteiger partial charge < -0.3 is 29.9 Å². The summed E-state index contributed by atoms with van der Waals surface area (Å²) < 4.78 is 75.0. The molecule has 0 aliphatic rings. The minimum Gasteiger partial charge on any atom is -0.480 e. The molecule has 4 aromatic carbocycles. The van der Waals surface area contributed by atoms with Crippen molar-refractivity contribution in [2.75, 3.05) is 53.0 Å². The molecule has 0 atom stereocenters. The van der Waals surface area contributed by atoms with E-state index in [2.05, 4.69) is 31.0 Å². The van der Waals surface area contributed by atoms with E-state index in [1.807, 2.05) is 9.80 Å². The summed E-state index contributed by atoms with van der Waals surface area (Å²) in [7, 11) is 9.97. The number of rotatable bonds is 16. The molecule has 0 radical (unpaired) electrons. The van der Waals surface area contributed by atoms with E-state index in [1.54, 1.807) is 76.7 Å². The Kier molecular flexibility index (Phi) is 15.1. The number of methoxy groups -OCH3 is 2. The van der Waals surface area contributed by atoms with Crippen LogP contribution < -0.4 is 42.6 Å². The second-order valence-corrected chi connectivity index (χ2v) is 20.7. The van der Waals surface area contributed by atoms with E-state index in [9.17, 15) is 24.0 Å². The van der Waals surface area contributed by atoms with Crippen LogP contribution >= 0.6 is 22.7 Å². The maximum absolute atomic E-state index is 15.2. The van der Waals surface area contributed by atoms with Gasteiger partial charge in [-0.2, -0.15) is 0 Å². The standard InChI is InChI=1S/C55H46F4N12O7S2/c1-66(2)25-35-45-49(72)70(41-21-23-43(77-5)64-62-41)54(75)68(27-33-37(56)9-7-10-38(33)57)51(45)79-47(35)29-13-17-31(18-14-29)60-53(74)61-32-19-15-30(16-20-32)48-36(26-67(3)4)46-50(73)71(42-22-24-44(78-6)65-63-42)55(76)69(52(46)80-48)28-34-39(58)11-8-12-40(34)59/h7-24H,25-28H2,1-6H3,(H2,60,61,74). The van der Waals surface area contributed by atoms with Crippen LogP contribution in [-0.2, 0) is 26.2 Å². The molecule has 0 saturated carbocycles. The van der Waals surface area contributed by atoms with Crippen molar-refractivity contribution in [1.82, 2.24) is 48.5 Å². The minimum atomic E-state index is -0.903. The number of thiophene rings is 2. The smallest absolute Gasteiger partial charge is 0.338 e. The molecule has 80 heavy (non-hydrogen) atoms. The highest BCUT2D eigenvalue weighted by Gasteiger charge is 2.28. The number of aromatic nitrogens is 8. The molecule has 408 valence electrons. The third kappa shape index (κ3) is 10.4. The first-order valence-corrected chi connectivity index (χ1v) is 25.9. The Morgan fingerprint density at radius 2 is 0.875 bits per heavy atom. The van der Waals surface area contributed by atoms with Crippen LogP contribution in [0.3, 0.4) is 0 Å². The van der Waals surface area contributed by atoms with Gasteiger partial charge in [0.15, 0.2) is 11.6 Å². The van der Waals surface area contributed by atoms with Gasteiger partial charge in [-0.25, -0.2) is 41.1 Å². The van der Waals surface area contributed by atoms with Crippen molar-refractivity contribution in [2.24, 2.45) is 0 Å². The van der Waals surface area contributed by atoms with Crippen molar-refractivity contribution in [1.29, 1.82) is 0 Å². The first kappa shape index (κ1) is 54.2. The molecule has 0 aliphatic carbocycles. The third-order valence-corrected chi connectivity index (χ3v) is 15.4. The van der Waals surface area contributed by atoms with Gasteiger partial charge in [-0.15, -0.1) is 43.1 Å². The molecule has 0 spiro atoms. The molecule has 0 saturated heterocycles. The van der Waals surface area contributed by atoms with E-state index >= 15 is 17.6 Å². The van der Waals surface area contributed by atoms with Crippen molar-refractivity contribution in [3.8, 4) is 44.3 Å². The highest BCUT2D eigenvalue weighted by Crippen LogP contribution is 2.40. The number of nitrogens with zero attached hydrogens (tertiary/aromatic N) is 10. The van der Waals surface area contributed by atoms with Gasteiger partial charge in [0.2, 0.25) is 11.8 Å². The van der Waals surface area contributed by atoms with Gasteiger partial charge in [-0.3, -0.25) is 18.7 Å². The van der Waals surface area contributed by atoms with Crippen LogP contribution in [0.15, 0.2) is 128 Å². The number of benzene rings is 4. The lowest BCUT2D eigenvalue weighted by Crippen LogP contribution is -2.39. The predicted octanol–water partition coefficient (Wildman–Crippen LogP) is 8.09. The van der Waals surface area contributed by atoms with Gasteiger partial charge >= 0.3 is 17.4 Å². The molecule has 25 heteroatoms. The molecule has 0 unspecified atom stereocenters. The van der Waals surface area contributed by atoms with Crippen molar-refractivity contribution in [2.45, 2.75) is 26.2 Å². The fourth-order valence-electron chi connectivity index (χ4n) is 9.09. The zero-order chi connectivity index (χ0) is 56.7. The third-order valence-electron chi connectivity index (χ3n) is 12.8. The molecule has 6 heterocycles. The zero-order valence-electron chi connectivity index (χ0n) is 43.4. The van der Waals surface area contributed by atoms with E-state index in [4.69, 9.17) is 9.47 Å². The largest absolute Gasteiger partial charge is 0.480 e. The fraction of sp³-hybridized carbons (Fsp3) is 0.182. The number of hydrogen-bond donors (Lipinski definition) is 2. The molecule has 10 rings (SSSR count). The lowest BCUT2D eigenvalue weighted by Gasteiger charge is -2.14. The van der Waals surface area contributed by atoms with Crippen LogP contribution in [0.5, 0.6) is 11.8 Å². The predicted molar refractivity (Wildman–Crippen MR) is 297 cm³/mol. The van der Waals surface area contributed by atoms with Crippen LogP contribution in [0.2, 0.25) is 0 Å². The number of hydrogen-bond acceptors (Lipinski definition) is 15. The quantitative estimate of drug-likeness (QED) is 0.0879. The lowest BCUT2D eigenvalue weighted by atomic mass is 10.1. The summed E-state index contributed by atoms with van der Waals surface area (Å²) in [5, 5.41) is 21.9. The van der Waals surface area contributed by atoms with Crippen molar-refractivity contribution in [3.63, 3.8) is 0 Å². The van der Waals surface area contributed by atoms with Crippen molar-refractivity contribution in [3.05, 3.63) is 196 Å². The molecule has 0 aliphatic heterocycles. The average Bonchev–Trinajstić information content (AvgIpc) is 4.16. The molecule has 0 fully saturated rings. The van der Waals surface area contributed by atoms with Crippen LogP contribution in [-0.4, -0.2) is 96.9 Å². The minimum absolute atomic E-state index is 0.126. The van der Waals surface area contributed by atoms with Crippen LogP contribution in [0.4, 0.5) is 33.7 Å². The first-order valence-electron chi connectivity index (χ1n) is 24.3. The number of nitrogens with one attached hydrogen (secondary N) is 2. The van der Waals surface area contributed by atoms with E-state index in [1.165, 1.54) is 50.6 Å². The number of amides is 2. The Morgan fingerprint density at radius 3 is 1.19 bits per heavy atom. The molecular formula is C55H46F4N12O7S2. The molecular weight excluding hydrogens is 1080 g/mol. The van der Waals surface area contributed by atoms with E-state index in [-0.39, 0.29) is 68.0 Å². The lowest BCUT2D eigenvalue weighted by molar-refractivity contribution is 0.262. The summed E-state index contributed by atoms with van der Waals surface area (Å²) in [5.41, 5.74) is -0.986. The second kappa shape index (κ2) is 22.3. The molecule has 6 aromatic heterocycles. The van der Waals surface area contributed by atoms with Gasteiger partial charge in [0.05, 0.1) is 38.1 Å². The van der Waals surface area contributed by atoms with E-state index < -0.39 is 64.9 Å². The number of carbonyl (C=O) groups is 1. The van der Waals surface area contributed by atoms with Crippen LogP contribution in [0.1, 0.15) is 22.3 Å². The van der Waals surface area contributed by atoms with Gasteiger partial charge in [0.1, 0.15) is 32.9 Å². The first-order chi connectivity index (χ1) is 38.4. The number of anilines is 2. The number of urea groups is 1. The normalized spacial score (nSPS) is 11.6. The summed E-state index contributed by atoms with van der Waals surface area (Å²) in [6.45, 7) is -0.691. The summed E-state index contributed by atoms with van der Waals surface area (Å²) in [4.78, 5) is 76.6. The van der Waals surface area contributed by atoms with Gasteiger partial charge in [-0.05, 0) is 111 Å². The van der Waals surface area contributed by atoms with Crippen molar-refractivity contribution < 1.29 is 31.8 Å². The Hall–Kier alpha value is -9.17. The highest BCUT2D eigenvalue weighted by molar-refractivity contribution is 7.22. The second-order valence-electron chi connectivity index (χ2n) is 18.7. The van der Waals surface area contributed by atoms with E-state index in [0.29, 0.717) is 43.4 Å². The summed E-state index contributed by atoms with van der Waals surface area (Å²) in [6.07, 6.45) is 0. The fourth-order valence-corrected chi connectivity index (χ4v) is 11.7. The Labute approximate surface area is 458 Å². The van der Waals surface area contributed by atoms with Gasteiger partial charge in [0, 0.05) is 57.5 Å². The molecule has 0 bridgehead atoms. The highest BCUT2D eigenvalue weighted by atomic mass is 32.1. The SMILES string of the molecule is COc1ccc(-n2c(=O)c3c(CN(C)C)c(-c4ccc(NC(=O)Nc5ccc(-c6sc7c(c6CN(C)C)c(=O)n(-c6ccc(OC)nn6)c(=O)n7Cc6c(F)cccc6F)cc5)cc4)sc3n(Cc3c(F)cccc3F)c2=O)nn1. The van der Waals surface area contributed by atoms with Crippen molar-refractivity contribution >= 4 is 60.5 Å². The maximum atomic E-state index is 15.2. The molecule has 19 nitrogen and oxygen atoms in total. The van der Waals surface area contributed by atoms with Gasteiger partial charge in [-0.1, -0.05) is 36.4 Å². The molecule has 10 aromatic rings. The number of fused-ring (bicyclic) bond motifs is 2. The summed E-state index contributed by atoms with van der Waals surface area (Å²) in [6, 6.07) is 25.3. The Morgan fingerprint density at radius 1 is 0.512 bits per heavy atom. The van der Waals surface area contributed by atoms with Crippen LogP contribution in [0, 0.1) is 23.3 Å². The number of halogens is 4. The number of carbonyl (C=O) groups excluding carboxylic acids is 1. The summed E-state index contributed by atoms with van der Waals surface area (Å²) >= 11 is 2.19. The molecule has 2 N–H and O–H groups in total. The van der Waals surface area contributed by atoms with Crippen LogP contribution in [0.25, 0.3) is 53.0 Å². The summed E-state index contributed by atoms with van der Waals surface area (Å²) in [5.74, 6) is -3.54. The Balaban J connectivity index is 0.965. The maximum Gasteiger partial charge on any atom is 0.338 e. The average molecular weight is 1130 g/mol. The Bertz CT molecular complexity index is 3960. The monoisotopic (exact) mass is 1130 g/mol. The molecule has 2 amide bonds. The zero-order valence-corrected chi connectivity index (χ0v) is 45.0. The number of ether oxygens (including phenoxy) is 2. The van der Waals surface area contributed by atoms with E-state index in [0.717, 1.165) is 65.2 Å².